The lowest BCUT2D eigenvalue weighted by molar-refractivity contribution is 0.480. The summed E-state index contributed by atoms with van der Waals surface area (Å²) in [5.41, 5.74) is 2.84. The molecular formula is C16H13N3O. The molecule has 0 amide bonds. The van der Waals surface area contributed by atoms with E-state index in [0.29, 0.717) is 5.75 Å². The lowest BCUT2D eigenvalue weighted by Crippen LogP contribution is -1.89. The molecule has 0 saturated carbocycles. The van der Waals surface area contributed by atoms with Crippen LogP contribution in [0.4, 0.5) is 0 Å². The van der Waals surface area contributed by atoms with Crippen molar-refractivity contribution in [2.45, 2.75) is 6.92 Å². The summed E-state index contributed by atoms with van der Waals surface area (Å²) >= 11 is 0. The maximum absolute atomic E-state index is 5.75. The Hall–Kier alpha value is -2.75. The molecule has 0 atom stereocenters. The third-order valence-electron chi connectivity index (χ3n) is 2.79. The van der Waals surface area contributed by atoms with Gasteiger partial charge in [-0.15, -0.1) is 0 Å². The number of hydrogen-bond acceptors (Lipinski definition) is 4. The molecule has 4 nitrogen and oxygen atoms in total. The Balaban J connectivity index is 1.90. The Morgan fingerprint density at radius 1 is 0.900 bits per heavy atom. The first kappa shape index (κ1) is 12.3. The van der Waals surface area contributed by atoms with Gasteiger partial charge in [0.15, 0.2) is 0 Å². The molecule has 0 radical (unpaired) electrons. The van der Waals surface area contributed by atoms with Crippen LogP contribution >= 0.6 is 0 Å². The summed E-state index contributed by atoms with van der Waals surface area (Å²) in [4.78, 5) is 12.6. The van der Waals surface area contributed by atoms with Gasteiger partial charge < -0.3 is 4.74 Å². The maximum Gasteiger partial charge on any atom is 0.145 e. The zero-order valence-electron chi connectivity index (χ0n) is 11.0. The Morgan fingerprint density at radius 3 is 2.60 bits per heavy atom. The van der Waals surface area contributed by atoms with Gasteiger partial charge in [-0.2, -0.15) is 0 Å². The molecular weight excluding hydrogens is 250 g/mol. The zero-order chi connectivity index (χ0) is 13.8. The van der Waals surface area contributed by atoms with E-state index in [2.05, 4.69) is 15.0 Å². The summed E-state index contributed by atoms with van der Waals surface area (Å²) in [5, 5.41) is 0. The number of ether oxygens (including phenoxy) is 1. The molecule has 0 bridgehead atoms. The summed E-state index contributed by atoms with van der Waals surface area (Å²) < 4.78 is 5.75. The van der Waals surface area contributed by atoms with E-state index in [4.69, 9.17) is 4.74 Å². The van der Waals surface area contributed by atoms with Gasteiger partial charge in [0.2, 0.25) is 0 Å². The molecule has 3 rings (SSSR count). The quantitative estimate of drug-likeness (QED) is 0.723. The van der Waals surface area contributed by atoms with Crippen LogP contribution in [0.1, 0.15) is 5.69 Å². The van der Waals surface area contributed by atoms with Gasteiger partial charge in [-0.25, -0.2) is 0 Å². The predicted molar refractivity (Wildman–Crippen MR) is 76.5 cm³/mol. The predicted octanol–water partition coefficient (Wildman–Crippen LogP) is 3.64. The fourth-order valence-electron chi connectivity index (χ4n) is 1.88. The molecule has 3 heterocycles. The van der Waals surface area contributed by atoms with E-state index in [1.54, 1.807) is 24.8 Å². The van der Waals surface area contributed by atoms with E-state index in [1.165, 1.54) is 0 Å². The highest BCUT2D eigenvalue weighted by molar-refractivity contribution is 5.60. The molecule has 0 aromatic carbocycles. The van der Waals surface area contributed by atoms with Crippen molar-refractivity contribution < 1.29 is 4.74 Å². The van der Waals surface area contributed by atoms with Crippen molar-refractivity contribution >= 4 is 0 Å². The van der Waals surface area contributed by atoms with Crippen molar-refractivity contribution in [2.24, 2.45) is 0 Å². The minimum Gasteiger partial charge on any atom is -0.456 e. The van der Waals surface area contributed by atoms with Crippen molar-refractivity contribution in [2.75, 3.05) is 0 Å². The van der Waals surface area contributed by atoms with Gasteiger partial charge in [-0.05, 0) is 37.3 Å². The first-order valence-corrected chi connectivity index (χ1v) is 6.28. The fraction of sp³-hybridized carbons (Fsp3) is 0.0625. The summed E-state index contributed by atoms with van der Waals surface area (Å²) in [6.07, 6.45) is 6.90. The van der Waals surface area contributed by atoms with Crippen LogP contribution in [0.25, 0.3) is 11.3 Å². The second-order valence-corrected chi connectivity index (χ2v) is 4.35. The molecule has 0 unspecified atom stereocenters. The smallest absolute Gasteiger partial charge is 0.145 e. The van der Waals surface area contributed by atoms with E-state index in [0.717, 1.165) is 22.7 Å². The molecule has 3 aromatic rings. The zero-order valence-corrected chi connectivity index (χ0v) is 11.0. The number of hydrogen-bond donors (Lipinski definition) is 0. The van der Waals surface area contributed by atoms with Gasteiger partial charge in [0, 0.05) is 35.9 Å². The van der Waals surface area contributed by atoms with Crippen LogP contribution in [0.15, 0.2) is 61.2 Å². The van der Waals surface area contributed by atoms with Crippen LogP contribution in [-0.2, 0) is 0 Å². The SMILES string of the molecule is Cc1cc(-c2cc(Oc3cccnc3)ccn2)ccn1. The summed E-state index contributed by atoms with van der Waals surface area (Å²) in [6.45, 7) is 1.96. The monoisotopic (exact) mass is 263 g/mol. The van der Waals surface area contributed by atoms with Gasteiger partial charge in [0.1, 0.15) is 11.5 Å². The first-order valence-electron chi connectivity index (χ1n) is 6.28. The highest BCUT2D eigenvalue weighted by Crippen LogP contribution is 2.25. The van der Waals surface area contributed by atoms with Gasteiger partial charge in [0.25, 0.3) is 0 Å². The molecule has 0 aliphatic carbocycles. The van der Waals surface area contributed by atoms with Crippen molar-refractivity contribution in [1.29, 1.82) is 0 Å². The van der Waals surface area contributed by atoms with Gasteiger partial charge in [-0.3, -0.25) is 15.0 Å². The van der Waals surface area contributed by atoms with Crippen LogP contribution in [0.3, 0.4) is 0 Å². The minimum atomic E-state index is 0.704. The highest BCUT2D eigenvalue weighted by Gasteiger charge is 2.03. The summed E-state index contributed by atoms with van der Waals surface area (Å²) in [7, 11) is 0. The first-order chi connectivity index (χ1) is 9.81. The van der Waals surface area contributed by atoms with Crippen molar-refractivity contribution in [3.05, 3.63) is 66.9 Å². The van der Waals surface area contributed by atoms with Crippen LogP contribution < -0.4 is 4.74 Å². The molecule has 0 fully saturated rings. The van der Waals surface area contributed by atoms with Gasteiger partial charge >= 0.3 is 0 Å². The van der Waals surface area contributed by atoms with E-state index in [9.17, 15) is 0 Å². The third-order valence-corrected chi connectivity index (χ3v) is 2.79. The standard InChI is InChI=1S/C16H13N3O/c1-12-9-13(4-7-18-12)16-10-14(5-8-19-16)20-15-3-2-6-17-11-15/h2-11H,1H3. The highest BCUT2D eigenvalue weighted by atomic mass is 16.5. The Labute approximate surface area is 117 Å². The number of aromatic nitrogens is 3. The third kappa shape index (κ3) is 2.80. The van der Waals surface area contributed by atoms with Crippen LogP contribution in [-0.4, -0.2) is 15.0 Å². The normalized spacial score (nSPS) is 10.2. The lowest BCUT2D eigenvalue weighted by atomic mass is 10.1. The largest absolute Gasteiger partial charge is 0.456 e. The summed E-state index contributed by atoms with van der Waals surface area (Å²) in [6, 6.07) is 11.4. The molecule has 98 valence electrons. The maximum atomic E-state index is 5.75. The molecule has 0 spiro atoms. The van der Waals surface area contributed by atoms with E-state index in [-0.39, 0.29) is 0 Å². The second-order valence-electron chi connectivity index (χ2n) is 4.35. The Bertz CT molecular complexity index is 714. The molecule has 0 saturated heterocycles. The average molecular weight is 263 g/mol. The van der Waals surface area contributed by atoms with Crippen LogP contribution in [0.2, 0.25) is 0 Å². The number of nitrogens with zero attached hydrogens (tertiary/aromatic N) is 3. The molecule has 0 aliphatic rings. The topological polar surface area (TPSA) is 47.9 Å². The van der Waals surface area contributed by atoms with Crippen molar-refractivity contribution in [3.63, 3.8) is 0 Å². The molecule has 20 heavy (non-hydrogen) atoms. The number of pyridine rings is 3. The minimum absolute atomic E-state index is 0.704. The molecule has 0 aliphatic heterocycles. The van der Waals surface area contributed by atoms with Crippen molar-refractivity contribution in [1.82, 2.24) is 15.0 Å². The van der Waals surface area contributed by atoms with Gasteiger partial charge in [0.05, 0.1) is 11.9 Å². The van der Waals surface area contributed by atoms with Crippen molar-refractivity contribution in [3.8, 4) is 22.8 Å². The van der Waals surface area contributed by atoms with Crippen LogP contribution in [0.5, 0.6) is 11.5 Å². The van der Waals surface area contributed by atoms with Gasteiger partial charge in [-0.1, -0.05) is 0 Å². The van der Waals surface area contributed by atoms with E-state index >= 15 is 0 Å². The average Bonchev–Trinajstić information content (AvgIpc) is 2.49. The number of aryl methyl sites for hydroxylation is 1. The Morgan fingerprint density at radius 2 is 1.80 bits per heavy atom. The molecule has 0 N–H and O–H groups in total. The van der Waals surface area contributed by atoms with Crippen LogP contribution in [0, 0.1) is 6.92 Å². The Kier molecular flexibility index (Phi) is 3.37. The van der Waals surface area contributed by atoms with E-state index in [1.807, 2.05) is 43.3 Å². The summed E-state index contributed by atoms with van der Waals surface area (Å²) in [5.74, 6) is 1.44. The number of rotatable bonds is 3. The second kappa shape index (κ2) is 5.48. The molecule has 4 heteroatoms. The molecule has 3 aromatic heterocycles. The van der Waals surface area contributed by atoms with E-state index < -0.39 is 0 Å². The lowest BCUT2D eigenvalue weighted by Gasteiger charge is -2.07. The fourth-order valence-corrected chi connectivity index (χ4v) is 1.88.